The summed E-state index contributed by atoms with van der Waals surface area (Å²) in [4.78, 5) is 7.44. The number of halogens is 1. The summed E-state index contributed by atoms with van der Waals surface area (Å²) in [5, 5.41) is 10.3. The van der Waals surface area contributed by atoms with Crippen LogP contribution in [0.2, 0.25) is 5.15 Å². The highest BCUT2D eigenvalue weighted by Gasteiger charge is 2.16. The third-order valence-electron chi connectivity index (χ3n) is 2.99. The van der Waals surface area contributed by atoms with Crippen molar-refractivity contribution in [1.82, 2.24) is 14.5 Å². The molecule has 0 aliphatic heterocycles. The average Bonchev–Trinajstić information content (AvgIpc) is 2.91. The number of rotatable bonds is 1. The van der Waals surface area contributed by atoms with Gasteiger partial charge in [-0.2, -0.15) is 5.26 Å². The number of nitrogens with zero attached hydrogens (tertiary/aromatic N) is 3. The third-order valence-corrected chi connectivity index (χ3v) is 3.25. The highest BCUT2D eigenvalue weighted by molar-refractivity contribution is 6.30. The maximum Gasteiger partial charge on any atom is 0.166 e. The molecular weight excluding hydrogens is 248 g/mol. The fraction of sp³-hybridized carbons (Fsp3) is 0.0769. The zero-order valence-electron chi connectivity index (χ0n) is 9.61. The number of hydrogen-bond donors (Lipinski definition) is 1. The van der Waals surface area contributed by atoms with Gasteiger partial charge < -0.3 is 9.55 Å². The van der Waals surface area contributed by atoms with E-state index in [-0.39, 0.29) is 5.15 Å². The van der Waals surface area contributed by atoms with Crippen molar-refractivity contribution in [2.45, 2.75) is 0 Å². The van der Waals surface area contributed by atoms with Gasteiger partial charge in [0.05, 0.1) is 0 Å². The number of benzene rings is 1. The molecule has 4 nitrogen and oxygen atoms in total. The Kier molecular flexibility index (Phi) is 2.35. The lowest BCUT2D eigenvalue weighted by atomic mass is 10.1. The molecule has 0 atom stereocenters. The minimum Gasteiger partial charge on any atom is -0.360 e. The van der Waals surface area contributed by atoms with E-state index in [0.717, 1.165) is 16.5 Å². The van der Waals surface area contributed by atoms with Gasteiger partial charge in [-0.25, -0.2) is 4.98 Å². The van der Waals surface area contributed by atoms with Gasteiger partial charge in [0.25, 0.3) is 0 Å². The van der Waals surface area contributed by atoms with E-state index in [1.165, 1.54) is 0 Å². The fourth-order valence-electron chi connectivity index (χ4n) is 2.08. The van der Waals surface area contributed by atoms with Crippen LogP contribution in [-0.2, 0) is 7.05 Å². The van der Waals surface area contributed by atoms with E-state index in [4.69, 9.17) is 16.9 Å². The van der Waals surface area contributed by atoms with Crippen molar-refractivity contribution >= 4 is 22.5 Å². The van der Waals surface area contributed by atoms with Crippen LogP contribution >= 0.6 is 11.6 Å². The Balaban J connectivity index is 2.31. The normalized spacial score (nSPS) is 10.7. The van der Waals surface area contributed by atoms with Crippen molar-refractivity contribution in [3.63, 3.8) is 0 Å². The number of hydrogen-bond acceptors (Lipinski definition) is 2. The molecule has 0 aliphatic rings. The molecule has 1 aromatic carbocycles. The Hall–Kier alpha value is -2.25. The maximum absolute atomic E-state index is 9.02. The second-order valence-corrected chi connectivity index (χ2v) is 4.35. The molecule has 0 radical (unpaired) electrons. The number of H-pyrrole nitrogens is 1. The lowest BCUT2D eigenvalue weighted by Gasteiger charge is -2.00. The van der Waals surface area contributed by atoms with Crippen molar-refractivity contribution in [1.29, 1.82) is 5.26 Å². The number of aromatic amines is 1. The summed E-state index contributed by atoms with van der Waals surface area (Å²) < 4.78 is 1.71. The first kappa shape index (κ1) is 10.9. The summed E-state index contributed by atoms with van der Waals surface area (Å²) in [6.07, 6.45) is 1.88. The first-order valence-electron chi connectivity index (χ1n) is 5.41. The zero-order valence-corrected chi connectivity index (χ0v) is 10.4. The Morgan fingerprint density at radius 1 is 1.39 bits per heavy atom. The van der Waals surface area contributed by atoms with Crippen LogP contribution in [0.5, 0.6) is 0 Å². The maximum atomic E-state index is 9.02. The summed E-state index contributed by atoms with van der Waals surface area (Å²) in [6.45, 7) is 0. The molecule has 5 heteroatoms. The largest absolute Gasteiger partial charge is 0.360 e. The van der Waals surface area contributed by atoms with Gasteiger partial charge in [0.1, 0.15) is 11.9 Å². The van der Waals surface area contributed by atoms with Crippen molar-refractivity contribution in [2.24, 2.45) is 7.05 Å². The molecule has 2 heterocycles. The first-order chi connectivity index (χ1) is 8.72. The van der Waals surface area contributed by atoms with E-state index in [1.54, 1.807) is 11.6 Å². The van der Waals surface area contributed by atoms with Gasteiger partial charge in [0.15, 0.2) is 10.8 Å². The molecule has 1 N–H and O–H groups in total. The van der Waals surface area contributed by atoms with E-state index in [9.17, 15) is 0 Å². The average molecular weight is 257 g/mol. The second-order valence-electron chi connectivity index (χ2n) is 3.99. The molecule has 2 aromatic heterocycles. The van der Waals surface area contributed by atoms with Crippen LogP contribution in [0, 0.1) is 11.3 Å². The molecule has 3 rings (SSSR count). The standard InChI is InChI=1S/C13H9ClN4/c1-18-11(6-15)12(14)17-13(18)9-7-16-10-5-3-2-4-8(9)10/h2-5,7,16H,1H3. The van der Waals surface area contributed by atoms with E-state index < -0.39 is 0 Å². The number of nitriles is 1. The topological polar surface area (TPSA) is 57.4 Å². The molecular formula is C13H9ClN4. The van der Waals surface area contributed by atoms with Crippen LogP contribution in [0.1, 0.15) is 5.69 Å². The van der Waals surface area contributed by atoms with Crippen molar-refractivity contribution in [3.05, 3.63) is 41.3 Å². The Bertz CT molecular complexity index is 776. The predicted molar refractivity (Wildman–Crippen MR) is 70.2 cm³/mol. The van der Waals surface area contributed by atoms with Gasteiger partial charge in [-0.15, -0.1) is 0 Å². The van der Waals surface area contributed by atoms with Gasteiger partial charge in [-0.1, -0.05) is 29.8 Å². The smallest absolute Gasteiger partial charge is 0.166 e. The molecule has 0 saturated carbocycles. The van der Waals surface area contributed by atoms with Crippen LogP contribution in [-0.4, -0.2) is 14.5 Å². The number of para-hydroxylation sites is 1. The van der Waals surface area contributed by atoms with Crippen molar-refractivity contribution in [3.8, 4) is 17.5 Å². The molecule has 3 aromatic rings. The molecule has 0 saturated heterocycles. The van der Waals surface area contributed by atoms with Gasteiger partial charge in [-0.05, 0) is 6.07 Å². The summed E-state index contributed by atoms with van der Waals surface area (Å²) >= 11 is 5.95. The molecule has 18 heavy (non-hydrogen) atoms. The summed E-state index contributed by atoms with van der Waals surface area (Å²) in [7, 11) is 1.79. The van der Waals surface area contributed by atoms with E-state index in [1.807, 2.05) is 30.5 Å². The number of imidazole rings is 1. The monoisotopic (exact) mass is 256 g/mol. The predicted octanol–water partition coefficient (Wildman–Crippen LogP) is 3.09. The molecule has 88 valence electrons. The van der Waals surface area contributed by atoms with Gasteiger partial charge in [0, 0.05) is 29.7 Å². The third kappa shape index (κ3) is 1.41. The Labute approximate surface area is 108 Å². The summed E-state index contributed by atoms with van der Waals surface area (Å²) in [6, 6.07) is 9.99. The molecule has 0 bridgehead atoms. The molecule has 0 spiro atoms. The van der Waals surface area contributed by atoms with Crippen molar-refractivity contribution in [2.75, 3.05) is 0 Å². The van der Waals surface area contributed by atoms with Gasteiger partial charge in [0.2, 0.25) is 0 Å². The summed E-state index contributed by atoms with van der Waals surface area (Å²) in [5.41, 5.74) is 2.35. The molecule has 0 fully saturated rings. The minimum absolute atomic E-state index is 0.236. The highest BCUT2D eigenvalue weighted by Crippen LogP contribution is 2.30. The number of aromatic nitrogens is 3. The Morgan fingerprint density at radius 2 is 2.17 bits per heavy atom. The number of fused-ring (bicyclic) bond motifs is 1. The first-order valence-corrected chi connectivity index (χ1v) is 5.79. The van der Waals surface area contributed by atoms with E-state index in [0.29, 0.717) is 11.5 Å². The Morgan fingerprint density at radius 3 is 2.89 bits per heavy atom. The van der Waals surface area contributed by atoms with Crippen LogP contribution in [0.3, 0.4) is 0 Å². The van der Waals surface area contributed by atoms with Crippen molar-refractivity contribution < 1.29 is 0 Å². The lowest BCUT2D eigenvalue weighted by molar-refractivity contribution is 0.908. The fourth-order valence-corrected chi connectivity index (χ4v) is 2.33. The SMILES string of the molecule is Cn1c(-c2c[nH]c3ccccc23)nc(Cl)c1C#N. The van der Waals surface area contributed by atoms with Crippen LogP contribution in [0.15, 0.2) is 30.5 Å². The second kappa shape index (κ2) is 3.90. The quantitative estimate of drug-likeness (QED) is 0.727. The van der Waals surface area contributed by atoms with Crippen LogP contribution in [0.4, 0.5) is 0 Å². The number of nitrogens with one attached hydrogen (secondary N) is 1. The van der Waals surface area contributed by atoms with E-state index >= 15 is 0 Å². The van der Waals surface area contributed by atoms with E-state index in [2.05, 4.69) is 16.0 Å². The molecule has 0 aliphatic carbocycles. The van der Waals surface area contributed by atoms with Gasteiger partial charge >= 0.3 is 0 Å². The molecule has 0 unspecified atom stereocenters. The summed E-state index contributed by atoms with van der Waals surface area (Å²) in [5.74, 6) is 0.689. The van der Waals surface area contributed by atoms with Crippen LogP contribution in [0.25, 0.3) is 22.3 Å². The highest BCUT2D eigenvalue weighted by atomic mass is 35.5. The van der Waals surface area contributed by atoms with Gasteiger partial charge in [-0.3, -0.25) is 0 Å². The minimum atomic E-state index is 0.236. The molecule has 0 amide bonds. The zero-order chi connectivity index (χ0) is 12.7. The van der Waals surface area contributed by atoms with Crippen LogP contribution < -0.4 is 0 Å². The lowest BCUT2D eigenvalue weighted by Crippen LogP contribution is -1.94.